The van der Waals surface area contributed by atoms with Gasteiger partial charge in [0.15, 0.2) is 15.0 Å². The van der Waals surface area contributed by atoms with Gasteiger partial charge in [0.2, 0.25) is 5.95 Å². The van der Waals surface area contributed by atoms with Gasteiger partial charge in [0.25, 0.3) is 0 Å². The molecule has 3 rings (SSSR count). The first kappa shape index (κ1) is 24.4. The van der Waals surface area contributed by atoms with Gasteiger partial charge in [-0.1, -0.05) is 23.5 Å². The van der Waals surface area contributed by atoms with E-state index >= 15 is 0 Å². The van der Waals surface area contributed by atoms with Crippen LogP contribution in [0.25, 0.3) is 0 Å². The van der Waals surface area contributed by atoms with Crippen LogP contribution in [0.15, 0.2) is 35.2 Å². The summed E-state index contributed by atoms with van der Waals surface area (Å²) in [5, 5.41) is 6.78. The highest BCUT2D eigenvalue weighted by Gasteiger charge is 2.17. The van der Waals surface area contributed by atoms with Crippen molar-refractivity contribution < 1.29 is 17.9 Å². The second-order valence-corrected chi connectivity index (χ2v) is 10.4. The number of esters is 1. The average molecular weight is 491 g/mol. The third-order valence-corrected chi connectivity index (χ3v) is 6.65. The summed E-state index contributed by atoms with van der Waals surface area (Å²) in [6, 6.07) is 8.47. The number of carbonyl (C=O) groups excluding carboxylic acids is 1. The van der Waals surface area contributed by atoms with Crippen molar-refractivity contribution in [1.82, 2.24) is 15.0 Å². The van der Waals surface area contributed by atoms with E-state index in [1.165, 1.54) is 17.6 Å². The SMILES string of the molecule is CCOC(=O)c1sc(Nc2nc(NCc3ccc(S(C)(=O)=O)cc3)cc(N(C)C)n2)nc1C. The molecule has 0 aliphatic carbocycles. The van der Waals surface area contributed by atoms with Crippen molar-refractivity contribution in [2.45, 2.75) is 25.3 Å². The maximum Gasteiger partial charge on any atom is 0.350 e. The van der Waals surface area contributed by atoms with Crippen LogP contribution in [0.4, 0.5) is 22.7 Å². The molecule has 0 saturated heterocycles. The van der Waals surface area contributed by atoms with Gasteiger partial charge in [-0.3, -0.25) is 5.32 Å². The van der Waals surface area contributed by atoms with Crippen LogP contribution in [-0.4, -0.2) is 56.3 Å². The number of aromatic nitrogens is 3. The lowest BCUT2D eigenvalue weighted by atomic mass is 10.2. The smallest absolute Gasteiger partial charge is 0.350 e. The van der Waals surface area contributed by atoms with E-state index in [-0.39, 0.29) is 4.90 Å². The van der Waals surface area contributed by atoms with Crippen LogP contribution in [0.1, 0.15) is 27.9 Å². The van der Waals surface area contributed by atoms with Crippen LogP contribution in [0, 0.1) is 6.92 Å². The predicted octanol–water partition coefficient (Wildman–Crippen LogP) is 3.24. The summed E-state index contributed by atoms with van der Waals surface area (Å²) in [5.74, 6) is 1.15. The zero-order valence-corrected chi connectivity index (χ0v) is 20.7. The number of aryl methyl sites for hydroxylation is 1. The number of hydrogen-bond acceptors (Lipinski definition) is 11. The van der Waals surface area contributed by atoms with E-state index < -0.39 is 15.8 Å². The molecule has 0 spiro atoms. The number of thiazole rings is 1. The summed E-state index contributed by atoms with van der Waals surface area (Å²) < 4.78 is 28.3. The van der Waals surface area contributed by atoms with E-state index in [1.54, 1.807) is 44.2 Å². The van der Waals surface area contributed by atoms with Gasteiger partial charge < -0.3 is 15.0 Å². The van der Waals surface area contributed by atoms with Crippen LogP contribution >= 0.6 is 11.3 Å². The minimum atomic E-state index is -3.24. The molecule has 1 aromatic carbocycles. The Morgan fingerprint density at radius 3 is 2.45 bits per heavy atom. The predicted molar refractivity (Wildman–Crippen MR) is 129 cm³/mol. The van der Waals surface area contributed by atoms with Gasteiger partial charge >= 0.3 is 5.97 Å². The van der Waals surface area contributed by atoms with E-state index in [9.17, 15) is 13.2 Å². The van der Waals surface area contributed by atoms with Gasteiger partial charge in [-0.15, -0.1) is 0 Å². The van der Waals surface area contributed by atoms with Crippen LogP contribution in [0.2, 0.25) is 0 Å². The summed E-state index contributed by atoms with van der Waals surface area (Å²) in [7, 11) is 0.498. The van der Waals surface area contributed by atoms with Crippen LogP contribution in [0.5, 0.6) is 0 Å². The fourth-order valence-corrected chi connectivity index (χ4v) is 4.27. The number of hydrogen-bond donors (Lipinski definition) is 2. The average Bonchev–Trinajstić information content (AvgIpc) is 3.12. The maximum atomic E-state index is 12.1. The van der Waals surface area contributed by atoms with Crippen molar-refractivity contribution in [3.8, 4) is 0 Å². The zero-order valence-electron chi connectivity index (χ0n) is 19.0. The monoisotopic (exact) mass is 490 g/mol. The molecule has 2 heterocycles. The molecule has 0 fully saturated rings. The normalized spacial score (nSPS) is 11.2. The topological polar surface area (TPSA) is 126 Å². The largest absolute Gasteiger partial charge is 0.462 e. The number of carbonyl (C=O) groups is 1. The third kappa shape index (κ3) is 6.39. The number of nitrogens with zero attached hydrogens (tertiary/aromatic N) is 4. The zero-order chi connectivity index (χ0) is 24.2. The van der Waals surface area contributed by atoms with Gasteiger partial charge in [0.1, 0.15) is 16.5 Å². The summed E-state index contributed by atoms with van der Waals surface area (Å²) in [6.07, 6.45) is 1.18. The summed E-state index contributed by atoms with van der Waals surface area (Å²) in [4.78, 5) is 28.0. The van der Waals surface area contributed by atoms with Crippen molar-refractivity contribution in [2.75, 3.05) is 42.5 Å². The summed E-state index contributed by atoms with van der Waals surface area (Å²) in [6.45, 7) is 4.23. The van der Waals surface area contributed by atoms with Crippen LogP contribution < -0.4 is 15.5 Å². The van der Waals surface area contributed by atoms with Crippen molar-refractivity contribution >= 4 is 49.9 Å². The Morgan fingerprint density at radius 1 is 1.15 bits per heavy atom. The minimum Gasteiger partial charge on any atom is -0.462 e. The molecule has 0 aliphatic heterocycles. The second kappa shape index (κ2) is 10.1. The Hall–Kier alpha value is -3.25. The van der Waals surface area contributed by atoms with Gasteiger partial charge in [0.05, 0.1) is 17.2 Å². The molecule has 0 saturated carbocycles. The number of nitrogens with one attached hydrogen (secondary N) is 2. The van der Waals surface area contributed by atoms with E-state index in [2.05, 4.69) is 25.6 Å². The maximum absolute atomic E-state index is 12.1. The van der Waals surface area contributed by atoms with Gasteiger partial charge in [-0.25, -0.2) is 18.2 Å². The summed E-state index contributed by atoms with van der Waals surface area (Å²) in [5.41, 5.74) is 1.47. The van der Waals surface area contributed by atoms with E-state index in [4.69, 9.17) is 4.74 Å². The van der Waals surface area contributed by atoms with Crippen molar-refractivity contribution in [3.05, 3.63) is 46.5 Å². The molecular weight excluding hydrogens is 464 g/mol. The Bertz CT molecular complexity index is 1240. The molecule has 12 heteroatoms. The number of rotatable bonds is 9. The molecule has 2 N–H and O–H groups in total. The second-order valence-electron chi connectivity index (χ2n) is 7.38. The number of anilines is 4. The Kier molecular flexibility index (Phi) is 7.49. The lowest BCUT2D eigenvalue weighted by molar-refractivity contribution is 0.0531. The first-order chi connectivity index (χ1) is 15.6. The molecule has 0 atom stereocenters. The van der Waals surface area contributed by atoms with Gasteiger partial charge in [0, 0.05) is 33.0 Å². The minimum absolute atomic E-state index is 0.274. The fourth-order valence-electron chi connectivity index (χ4n) is 2.79. The lowest BCUT2D eigenvalue weighted by Crippen LogP contribution is -2.13. The van der Waals surface area contributed by atoms with Crippen molar-refractivity contribution in [1.29, 1.82) is 0 Å². The Morgan fingerprint density at radius 2 is 1.85 bits per heavy atom. The van der Waals surface area contributed by atoms with Crippen molar-refractivity contribution in [2.24, 2.45) is 0 Å². The molecule has 3 aromatic rings. The third-order valence-electron chi connectivity index (χ3n) is 4.47. The number of sulfone groups is 1. The Labute approximate surface area is 197 Å². The van der Waals surface area contributed by atoms with E-state index in [0.717, 1.165) is 5.56 Å². The first-order valence-corrected chi connectivity index (χ1v) is 12.8. The molecule has 0 amide bonds. The van der Waals surface area contributed by atoms with E-state index in [0.29, 0.717) is 46.4 Å². The van der Waals surface area contributed by atoms with Crippen molar-refractivity contribution in [3.63, 3.8) is 0 Å². The molecular formula is C21H26N6O4S2. The molecule has 33 heavy (non-hydrogen) atoms. The van der Waals surface area contributed by atoms with Crippen LogP contribution in [0.3, 0.4) is 0 Å². The molecule has 0 aliphatic rings. The highest BCUT2D eigenvalue weighted by atomic mass is 32.2. The molecule has 0 radical (unpaired) electrons. The number of benzene rings is 1. The van der Waals surface area contributed by atoms with Gasteiger partial charge in [-0.05, 0) is 31.5 Å². The highest BCUT2D eigenvalue weighted by Crippen LogP contribution is 2.27. The number of ether oxygens (including phenoxy) is 1. The Balaban J connectivity index is 1.78. The van der Waals surface area contributed by atoms with Gasteiger partial charge in [-0.2, -0.15) is 9.97 Å². The standard InChI is InChI=1S/C21H26N6O4S2/c1-6-31-19(28)18-13(2)23-21(32-18)26-20-24-16(11-17(25-20)27(3)4)22-12-14-7-9-15(10-8-14)33(5,29)30/h7-11H,6,12H2,1-5H3,(H2,22,23,24,25,26). The van der Waals surface area contributed by atoms with Crippen LogP contribution in [-0.2, 0) is 21.1 Å². The lowest BCUT2D eigenvalue weighted by Gasteiger charge is -2.15. The highest BCUT2D eigenvalue weighted by molar-refractivity contribution is 7.90. The fraction of sp³-hybridized carbons (Fsp3) is 0.333. The quantitative estimate of drug-likeness (QED) is 0.432. The van der Waals surface area contributed by atoms with E-state index in [1.807, 2.05) is 19.0 Å². The summed E-state index contributed by atoms with van der Waals surface area (Å²) >= 11 is 1.18. The first-order valence-electron chi connectivity index (χ1n) is 10.1. The molecule has 2 aromatic heterocycles. The molecule has 0 bridgehead atoms. The molecule has 0 unspecified atom stereocenters. The molecule has 176 valence electrons. The molecule has 10 nitrogen and oxygen atoms in total.